The van der Waals surface area contributed by atoms with Crippen LogP contribution in [-0.4, -0.2) is 23.0 Å². The zero-order valence-corrected chi connectivity index (χ0v) is 14.6. The molecule has 6 nitrogen and oxygen atoms in total. The summed E-state index contributed by atoms with van der Waals surface area (Å²) < 4.78 is 42.8. The summed E-state index contributed by atoms with van der Waals surface area (Å²) >= 11 is 0. The lowest BCUT2D eigenvalue weighted by atomic mass is 10.2. The molecule has 28 heavy (non-hydrogen) atoms. The number of nitrogens with one attached hydrogen (secondary N) is 2. The van der Waals surface area contributed by atoms with Crippen LogP contribution < -0.4 is 15.4 Å². The van der Waals surface area contributed by atoms with Gasteiger partial charge in [-0.2, -0.15) is 13.2 Å². The third-order valence-electron chi connectivity index (χ3n) is 3.70. The first-order valence-corrected chi connectivity index (χ1v) is 8.07. The van der Waals surface area contributed by atoms with Gasteiger partial charge in [-0.25, -0.2) is 9.97 Å². The largest absolute Gasteiger partial charge is 0.497 e. The molecule has 2 aromatic carbocycles. The minimum atomic E-state index is -4.39. The number of anilines is 3. The monoisotopic (exact) mass is 388 g/mol. The number of carbonyl (C=O) groups is 1. The van der Waals surface area contributed by atoms with Gasteiger partial charge in [-0.3, -0.25) is 4.79 Å². The number of amides is 1. The van der Waals surface area contributed by atoms with Crippen molar-refractivity contribution in [3.05, 3.63) is 72.2 Å². The number of halogens is 3. The standard InChI is InChI=1S/C19H15F3N4O2/c1-28-15-4-2-3-14(9-15)26-18(27)16-10-24-17(11-23-16)25-13-7-5-12(6-8-13)19(20,21)22/h2-11H,1H3,(H,24,25)(H,26,27). The predicted octanol–water partition coefficient (Wildman–Crippen LogP) is 4.50. The molecule has 2 N–H and O–H groups in total. The van der Waals surface area contributed by atoms with E-state index in [1.54, 1.807) is 24.3 Å². The van der Waals surface area contributed by atoms with E-state index in [1.807, 2.05) is 0 Å². The van der Waals surface area contributed by atoms with E-state index >= 15 is 0 Å². The Morgan fingerprint density at radius 2 is 1.75 bits per heavy atom. The summed E-state index contributed by atoms with van der Waals surface area (Å²) in [6.07, 6.45) is -1.81. The first-order chi connectivity index (χ1) is 13.3. The van der Waals surface area contributed by atoms with Crippen molar-refractivity contribution in [2.45, 2.75) is 6.18 Å². The van der Waals surface area contributed by atoms with Gasteiger partial charge in [0.1, 0.15) is 17.3 Å². The van der Waals surface area contributed by atoms with Crippen molar-refractivity contribution in [3.63, 3.8) is 0 Å². The molecule has 3 rings (SSSR count). The van der Waals surface area contributed by atoms with Crippen LogP contribution in [0.15, 0.2) is 60.9 Å². The Balaban J connectivity index is 1.65. The number of methoxy groups -OCH3 is 1. The summed E-state index contributed by atoms with van der Waals surface area (Å²) in [6, 6.07) is 11.3. The molecule has 0 spiro atoms. The number of hydrogen-bond donors (Lipinski definition) is 2. The van der Waals surface area contributed by atoms with Crippen LogP contribution in [0.4, 0.5) is 30.4 Å². The Bertz CT molecular complexity index is 958. The van der Waals surface area contributed by atoms with Gasteiger partial charge < -0.3 is 15.4 Å². The molecular weight excluding hydrogens is 373 g/mol. The second-order valence-corrected chi connectivity index (χ2v) is 5.67. The molecule has 1 heterocycles. The third kappa shape index (κ3) is 4.76. The summed E-state index contributed by atoms with van der Waals surface area (Å²) in [7, 11) is 1.52. The Kier molecular flexibility index (Phi) is 5.44. The fraction of sp³-hybridized carbons (Fsp3) is 0.105. The maximum absolute atomic E-state index is 12.6. The molecule has 0 fully saturated rings. The molecule has 9 heteroatoms. The van der Waals surface area contributed by atoms with Crippen LogP contribution in [0.2, 0.25) is 0 Å². The Morgan fingerprint density at radius 3 is 2.36 bits per heavy atom. The van der Waals surface area contributed by atoms with Gasteiger partial charge in [0.05, 0.1) is 25.1 Å². The van der Waals surface area contributed by atoms with Crippen molar-refractivity contribution in [3.8, 4) is 5.75 Å². The smallest absolute Gasteiger partial charge is 0.416 e. The van der Waals surface area contributed by atoms with E-state index in [4.69, 9.17) is 4.74 Å². The Morgan fingerprint density at radius 1 is 1.00 bits per heavy atom. The van der Waals surface area contributed by atoms with Crippen molar-refractivity contribution in [1.82, 2.24) is 9.97 Å². The minimum absolute atomic E-state index is 0.0841. The van der Waals surface area contributed by atoms with Crippen LogP contribution in [0, 0.1) is 0 Å². The molecule has 3 aromatic rings. The maximum atomic E-state index is 12.6. The lowest BCUT2D eigenvalue weighted by molar-refractivity contribution is -0.137. The average Bonchev–Trinajstić information content (AvgIpc) is 2.68. The van der Waals surface area contributed by atoms with Crippen molar-refractivity contribution < 1.29 is 22.7 Å². The summed E-state index contributed by atoms with van der Waals surface area (Å²) in [4.78, 5) is 20.3. The van der Waals surface area contributed by atoms with E-state index in [-0.39, 0.29) is 11.5 Å². The highest BCUT2D eigenvalue weighted by atomic mass is 19.4. The molecular formula is C19H15F3N4O2. The van der Waals surface area contributed by atoms with Crippen LogP contribution in [0.5, 0.6) is 5.75 Å². The fourth-order valence-electron chi connectivity index (χ4n) is 2.30. The molecule has 0 saturated carbocycles. The molecule has 0 aliphatic heterocycles. The number of ether oxygens (including phenoxy) is 1. The summed E-state index contributed by atoms with van der Waals surface area (Å²) in [6.45, 7) is 0. The molecule has 0 radical (unpaired) electrons. The van der Waals surface area contributed by atoms with Crippen molar-refractivity contribution >= 4 is 23.1 Å². The van der Waals surface area contributed by atoms with E-state index in [9.17, 15) is 18.0 Å². The van der Waals surface area contributed by atoms with Crippen LogP contribution in [0.1, 0.15) is 16.1 Å². The molecule has 0 saturated heterocycles. The molecule has 1 aromatic heterocycles. The number of aromatic nitrogens is 2. The Labute approximate surface area is 158 Å². The van der Waals surface area contributed by atoms with Gasteiger partial charge in [0.25, 0.3) is 5.91 Å². The van der Waals surface area contributed by atoms with Gasteiger partial charge in [0.15, 0.2) is 0 Å². The normalized spacial score (nSPS) is 11.0. The SMILES string of the molecule is COc1cccc(NC(=O)c2cnc(Nc3ccc(C(F)(F)F)cc3)cn2)c1. The van der Waals surface area contributed by atoms with E-state index < -0.39 is 17.6 Å². The fourth-order valence-corrected chi connectivity index (χ4v) is 2.30. The van der Waals surface area contributed by atoms with Crippen molar-refractivity contribution in [2.24, 2.45) is 0 Å². The van der Waals surface area contributed by atoms with Gasteiger partial charge in [-0.1, -0.05) is 6.07 Å². The molecule has 0 aliphatic carbocycles. The zero-order valence-electron chi connectivity index (χ0n) is 14.6. The number of hydrogen-bond acceptors (Lipinski definition) is 5. The van der Waals surface area contributed by atoms with Crippen LogP contribution in [-0.2, 0) is 6.18 Å². The summed E-state index contributed by atoms with van der Waals surface area (Å²) in [5, 5.41) is 5.50. The van der Waals surface area contributed by atoms with Crippen LogP contribution in [0.25, 0.3) is 0 Å². The maximum Gasteiger partial charge on any atom is 0.416 e. The van der Waals surface area contributed by atoms with Gasteiger partial charge in [-0.15, -0.1) is 0 Å². The number of rotatable bonds is 5. The van der Waals surface area contributed by atoms with Crippen molar-refractivity contribution in [1.29, 1.82) is 0 Å². The van der Waals surface area contributed by atoms with E-state index in [2.05, 4.69) is 20.6 Å². The van der Waals surface area contributed by atoms with Gasteiger partial charge in [0, 0.05) is 17.4 Å². The topological polar surface area (TPSA) is 76.1 Å². The molecule has 0 atom stereocenters. The quantitative estimate of drug-likeness (QED) is 0.673. The second kappa shape index (κ2) is 7.95. The molecule has 0 aliphatic rings. The van der Waals surface area contributed by atoms with E-state index in [1.165, 1.54) is 31.6 Å². The third-order valence-corrected chi connectivity index (χ3v) is 3.70. The predicted molar refractivity (Wildman–Crippen MR) is 97.7 cm³/mol. The summed E-state index contributed by atoms with van der Waals surface area (Å²) in [5.41, 5.74) is 0.295. The number of alkyl halides is 3. The Hall–Kier alpha value is -3.62. The van der Waals surface area contributed by atoms with Crippen molar-refractivity contribution in [2.75, 3.05) is 17.7 Å². The molecule has 0 unspecified atom stereocenters. The van der Waals surface area contributed by atoms with Gasteiger partial charge >= 0.3 is 6.18 Å². The highest BCUT2D eigenvalue weighted by molar-refractivity contribution is 6.02. The zero-order chi connectivity index (χ0) is 20.1. The summed E-state index contributed by atoms with van der Waals surface area (Å²) in [5.74, 6) is 0.430. The lowest BCUT2D eigenvalue weighted by Gasteiger charge is -2.09. The first kappa shape index (κ1) is 19.2. The van der Waals surface area contributed by atoms with E-state index in [0.717, 1.165) is 12.1 Å². The number of benzene rings is 2. The lowest BCUT2D eigenvalue weighted by Crippen LogP contribution is -2.14. The first-order valence-electron chi connectivity index (χ1n) is 8.07. The molecule has 144 valence electrons. The van der Waals surface area contributed by atoms with E-state index in [0.29, 0.717) is 17.1 Å². The highest BCUT2D eigenvalue weighted by Crippen LogP contribution is 2.30. The van der Waals surface area contributed by atoms with Crippen LogP contribution >= 0.6 is 0 Å². The van der Waals surface area contributed by atoms with Crippen LogP contribution in [0.3, 0.4) is 0 Å². The van der Waals surface area contributed by atoms with Gasteiger partial charge in [0.2, 0.25) is 0 Å². The number of nitrogens with zero attached hydrogens (tertiary/aromatic N) is 2. The van der Waals surface area contributed by atoms with Gasteiger partial charge in [-0.05, 0) is 36.4 Å². The highest BCUT2D eigenvalue weighted by Gasteiger charge is 2.29. The molecule has 0 bridgehead atoms. The number of carbonyl (C=O) groups excluding carboxylic acids is 1. The second-order valence-electron chi connectivity index (χ2n) is 5.67. The molecule has 1 amide bonds. The minimum Gasteiger partial charge on any atom is -0.497 e. The average molecular weight is 388 g/mol.